The quantitative estimate of drug-likeness (QED) is 0.770. The summed E-state index contributed by atoms with van der Waals surface area (Å²) in [4.78, 5) is 15.3. The first-order valence-electron chi connectivity index (χ1n) is 6.16. The van der Waals surface area contributed by atoms with E-state index >= 15 is 0 Å². The maximum absolute atomic E-state index is 11.4. The Bertz CT molecular complexity index is 399. The number of aromatic nitrogens is 1. The normalized spacial score (nSPS) is 22.3. The molecule has 100 valence electrons. The molecule has 1 aliphatic carbocycles. The first-order chi connectivity index (χ1) is 8.72. The average molecular weight is 254 g/mol. The zero-order chi connectivity index (χ0) is 13.0. The summed E-state index contributed by atoms with van der Waals surface area (Å²) in [5.74, 6) is 0.164. The molecular weight excluding hydrogens is 236 g/mol. The Kier molecular flexibility index (Phi) is 4.19. The minimum Gasteiger partial charge on any atom is -0.461 e. The lowest BCUT2D eigenvalue weighted by molar-refractivity contribution is 0.0395. The van der Waals surface area contributed by atoms with Gasteiger partial charge < -0.3 is 19.2 Å². The minimum atomic E-state index is -0.488. The Morgan fingerprint density at radius 1 is 1.61 bits per heavy atom. The van der Waals surface area contributed by atoms with Crippen molar-refractivity contribution in [2.24, 2.45) is 5.92 Å². The van der Waals surface area contributed by atoms with Crippen molar-refractivity contribution in [2.75, 3.05) is 20.2 Å². The molecule has 0 atom stereocenters. The SMILES string of the molecule is CCOC(=O)c1coc(OC2CC(CNC)C2)n1. The molecule has 0 saturated heterocycles. The number of esters is 1. The maximum atomic E-state index is 11.4. The van der Waals surface area contributed by atoms with E-state index < -0.39 is 5.97 Å². The number of oxazole rings is 1. The molecule has 1 fully saturated rings. The molecular formula is C12H18N2O4. The molecule has 1 aliphatic rings. The molecule has 1 aromatic rings. The van der Waals surface area contributed by atoms with Gasteiger partial charge in [-0.2, -0.15) is 4.98 Å². The van der Waals surface area contributed by atoms with Gasteiger partial charge in [0.15, 0.2) is 5.69 Å². The third-order valence-electron chi connectivity index (χ3n) is 2.92. The zero-order valence-electron chi connectivity index (χ0n) is 10.6. The van der Waals surface area contributed by atoms with Gasteiger partial charge in [0, 0.05) is 0 Å². The molecule has 0 aliphatic heterocycles. The minimum absolute atomic E-state index is 0.136. The van der Waals surface area contributed by atoms with Crippen LogP contribution in [-0.4, -0.2) is 37.3 Å². The van der Waals surface area contributed by atoms with Gasteiger partial charge in [0.25, 0.3) is 0 Å². The van der Waals surface area contributed by atoms with Gasteiger partial charge in [-0.3, -0.25) is 0 Å². The van der Waals surface area contributed by atoms with Gasteiger partial charge in [0.05, 0.1) is 6.61 Å². The lowest BCUT2D eigenvalue weighted by atomic mass is 9.82. The predicted molar refractivity (Wildman–Crippen MR) is 63.5 cm³/mol. The number of rotatable bonds is 6. The van der Waals surface area contributed by atoms with E-state index in [4.69, 9.17) is 13.9 Å². The van der Waals surface area contributed by atoms with E-state index in [0.29, 0.717) is 12.5 Å². The van der Waals surface area contributed by atoms with Crippen LogP contribution in [0, 0.1) is 5.92 Å². The summed E-state index contributed by atoms with van der Waals surface area (Å²) >= 11 is 0. The maximum Gasteiger partial charge on any atom is 0.394 e. The van der Waals surface area contributed by atoms with Crippen molar-refractivity contribution in [2.45, 2.75) is 25.9 Å². The summed E-state index contributed by atoms with van der Waals surface area (Å²) < 4.78 is 15.4. The first kappa shape index (κ1) is 12.9. The van der Waals surface area contributed by atoms with Crippen molar-refractivity contribution in [3.05, 3.63) is 12.0 Å². The summed E-state index contributed by atoms with van der Waals surface area (Å²) in [7, 11) is 1.94. The van der Waals surface area contributed by atoms with Crippen LogP contribution in [0.15, 0.2) is 10.7 Å². The number of hydrogen-bond donors (Lipinski definition) is 1. The van der Waals surface area contributed by atoms with E-state index in [9.17, 15) is 4.79 Å². The molecule has 18 heavy (non-hydrogen) atoms. The molecule has 0 amide bonds. The molecule has 1 saturated carbocycles. The highest BCUT2D eigenvalue weighted by Gasteiger charge is 2.31. The van der Waals surface area contributed by atoms with Crippen LogP contribution in [0.25, 0.3) is 0 Å². The molecule has 0 bridgehead atoms. The van der Waals surface area contributed by atoms with Gasteiger partial charge in [-0.25, -0.2) is 4.79 Å². The fourth-order valence-electron chi connectivity index (χ4n) is 1.98. The number of nitrogens with one attached hydrogen (secondary N) is 1. The standard InChI is InChI=1S/C12H18N2O4/c1-3-16-11(15)10-7-17-12(14-10)18-9-4-8(5-9)6-13-2/h7-9,13H,3-6H2,1-2H3. The fraction of sp³-hybridized carbons (Fsp3) is 0.667. The van der Waals surface area contributed by atoms with E-state index in [1.165, 1.54) is 6.26 Å². The van der Waals surface area contributed by atoms with Crippen LogP contribution in [0.5, 0.6) is 6.08 Å². The lowest BCUT2D eigenvalue weighted by Gasteiger charge is -2.33. The van der Waals surface area contributed by atoms with E-state index in [2.05, 4.69) is 10.3 Å². The molecule has 0 radical (unpaired) electrons. The molecule has 6 nitrogen and oxygen atoms in total. The Labute approximate surface area is 106 Å². The smallest absolute Gasteiger partial charge is 0.394 e. The van der Waals surface area contributed by atoms with Crippen molar-refractivity contribution >= 4 is 5.97 Å². The van der Waals surface area contributed by atoms with Gasteiger partial charge in [0.2, 0.25) is 0 Å². The van der Waals surface area contributed by atoms with Crippen molar-refractivity contribution in [1.29, 1.82) is 0 Å². The van der Waals surface area contributed by atoms with Crippen LogP contribution in [0.1, 0.15) is 30.3 Å². The lowest BCUT2D eigenvalue weighted by Crippen LogP contribution is -2.38. The summed E-state index contributed by atoms with van der Waals surface area (Å²) in [6, 6.07) is 0. The second kappa shape index (κ2) is 5.86. The highest BCUT2D eigenvalue weighted by molar-refractivity contribution is 5.86. The van der Waals surface area contributed by atoms with Crippen LogP contribution in [0.2, 0.25) is 0 Å². The van der Waals surface area contributed by atoms with Crippen LogP contribution in [0.3, 0.4) is 0 Å². The van der Waals surface area contributed by atoms with Crippen molar-refractivity contribution in [3.8, 4) is 6.08 Å². The van der Waals surface area contributed by atoms with Crippen LogP contribution < -0.4 is 10.1 Å². The zero-order valence-corrected chi connectivity index (χ0v) is 10.6. The number of carbonyl (C=O) groups is 1. The second-order valence-corrected chi connectivity index (χ2v) is 4.35. The van der Waals surface area contributed by atoms with Crippen molar-refractivity contribution in [3.63, 3.8) is 0 Å². The van der Waals surface area contributed by atoms with Crippen LogP contribution >= 0.6 is 0 Å². The molecule has 0 spiro atoms. The Morgan fingerprint density at radius 2 is 2.39 bits per heavy atom. The van der Waals surface area contributed by atoms with E-state index in [-0.39, 0.29) is 17.9 Å². The summed E-state index contributed by atoms with van der Waals surface area (Å²) in [6.07, 6.45) is 3.51. The van der Waals surface area contributed by atoms with Gasteiger partial charge in [-0.05, 0) is 39.3 Å². The monoisotopic (exact) mass is 254 g/mol. The highest BCUT2D eigenvalue weighted by atomic mass is 16.6. The summed E-state index contributed by atoms with van der Waals surface area (Å²) in [6.45, 7) is 3.06. The molecule has 1 aromatic heterocycles. The molecule has 1 heterocycles. The third-order valence-corrected chi connectivity index (χ3v) is 2.92. The van der Waals surface area contributed by atoms with Gasteiger partial charge in [-0.15, -0.1) is 0 Å². The van der Waals surface area contributed by atoms with Gasteiger partial charge in [-0.1, -0.05) is 0 Å². The fourth-order valence-corrected chi connectivity index (χ4v) is 1.98. The highest BCUT2D eigenvalue weighted by Crippen LogP contribution is 2.30. The number of carbonyl (C=O) groups excluding carboxylic acids is 1. The molecule has 6 heteroatoms. The average Bonchev–Trinajstić information content (AvgIpc) is 2.75. The Balaban J connectivity index is 1.79. The second-order valence-electron chi connectivity index (χ2n) is 4.35. The Hall–Kier alpha value is -1.56. The van der Waals surface area contributed by atoms with Crippen LogP contribution in [-0.2, 0) is 4.74 Å². The number of nitrogens with zero attached hydrogens (tertiary/aromatic N) is 1. The van der Waals surface area contributed by atoms with E-state index in [1.807, 2.05) is 7.05 Å². The Morgan fingerprint density at radius 3 is 3.06 bits per heavy atom. The van der Waals surface area contributed by atoms with Crippen molar-refractivity contribution in [1.82, 2.24) is 10.3 Å². The molecule has 0 aromatic carbocycles. The topological polar surface area (TPSA) is 73.6 Å². The largest absolute Gasteiger partial charge is 0.461 e. The first-order valence-corrected chi connectivity index (χ1v) is 6.16. The summed E-state index contributed by atoms with van der Waals surface area (Å²) in [5.41, 5.74) is 0.151. The summed E-state index contributed by atoms with van der Waals surface area (Å²) in [5, 5.41) is 3.13. The molecule has 0 unspecified atom stereocenters. The van der Waals surface area contributed by atoms with E-state index in [0.717, 1.165) is 19.4 Å². The third kappa shape index (κ3) is 3.01. The molecule has 1 N–H and O–H groups in total. The predicted octanol–water partition coefficient (Wildman–Crippen LogP) is 1.23. The van der Waals surface area contributed by atoms with Gasteiger partial charge in [0.1, 0.15) is 12.4 Å². The number of hydrogen-bond acceptors (Lipinski definition) is 6. The van der Waals surface area contributed by atoms with Gasteiger partial charge >= 0.3 is 12.0 Å². The van der Waals surface area contributed by atoms with Crippen molar-refractivity contribution < 1.29 is 18.7 Å². The van der Waals surface area contributed by atoms with E-state index in [1.54, 1.807) is 6.92 Å². The molecule has 2 rings (SSSR count). The van der Waals surface area contributed by atoms with Crippen LogP contribution in [0.4, 0.5) is 0 Å². The number of ether oxygens (including phenoxy) is 2.